The minimum absolute atomic E-state index is 0.500. The second-order valence-electron chi connectivity index (χ2n) is 5.50. The summed E-state index contributed by atoms with van der Waals surface area (Å²) in [5.41, 5.74) is 3.22. The summed E-state index contributed by atoms with van der Waals surface area (Å²) in [6.45, 7) is 8.35. The van der Waals surface area contributed by atoms with Crippen LogP contribution in [0.25, 0.3) is 0 Å². The van der Waals surface area contributed by atoms with Crippen molar-refractivity contribution in [1.82, 2.24) is 15.6 Å². The summed E-state index contributed by atoms with van der Waals surface area (Å²) in [6.07, 6.45) is 0. The lowest BCUT2D eigenvalue weighted by Crippen LogP contribution is -2.36. The van der Waals surface area contributed by atoms with Crippen molar-refractivity contribution in [2.45, 2.75) is 40.5 Å². The molecule has 24 heavy (non-hydrogen) atoms. The van der Waals surface area contributed by atoms with Crippen molar-refractivity contribution in [2.75, 3.05) is 13.7 Å². The van der Waals surface area contributed by atoms with E-state index in [4.69, 9.17) is 9.15 Å². The first kappa shape index (κ1) is 18.0. The molecule has 0 spiro atoms. The largest absolute Gasteiger partial charge is 0.444 e. The smallest absolute Gasteiger partial charge is 0.214 e. The van der Waals surface area contributed by atoms with E-state index in [2.05, 4.69) is 32.7 Å². The van der Waals surface area contributed by atoms with E-state index >= 15 is 0 Å². The summed E-state index contributed by atoms with van der Waals surface area (Å²) < 4.78 is 10.8. The molecule has 0 aliphatic rings. The minimum Gasteiger partial charge on any atom is -0.444 e. The van der Waals surface area contributed by atoms with E-state index in [1.54, 1.807) is 7.11 Å². The van der Waals surface area contributed by atoms with Gasteiger partial charge in [-0.3, -0.25) is 0 Å². The first-order chi connectivity index (χ1) is 11.6. The number of aliphatic imine (C=N–C) groups is 1. The molecule has 0 radical (unpaired) electrons. The van der Waals surface area contributed by atoms with E-state index in [0.717, 1.165) is 35.1 Å². The van der Waals surface area contributed by atoms with Gasteiger partial charge in [0, 0.05) is 13.7 Å². The summed E-state index contributed by atoms with van der Waals surface area (Å²) in [7, 11) is 1.70. The van der Waals surface area contributed by atoms with Gasteiger partial charge < -0.3 is 19.8 Å². The first-order valence-corrected chi connectivity index (χ1v) is 8.14. The van der Waals surface area contributed by atoms with Crippen molar-refractivity contribution >= 4 is 5.96 Å². The van der Waals surface area contributed by atoms with Gasteiger partial charge in [0.15, 0.2) is 5.96 Å². The highest BCUT2D eigenvalue weighted by atomic mass is 16.5. The van der Waals surface area contributed by atoms with Gasteiger partial charge in [0.2, 0.25) is 5.89 Å². The van der Waals surface area contributed by atoms with E-state index in [1.807, 2.05) is 32.9 Å². The molecule has 6 heteroatoms. The van der Waals surface area contributed by atoms with Crippen LogP contribution >= 0.6 is 0 Å². The third-order valence-electron chi connectivity index (χ3n) is 3.65. The average Bonchev–Trinajstić information content (AvgIpc) is 2.90. The summed E-state index contributed by atoms with van der Waals surface area (Å²) in [4.78, 5) is 9.01. The zero-order chi connectivity index (χ0) is 17.4. The van der Waals surface area contributed by atoms with Crippen LogP contribution < -0.4 is 10.6 Å². The highest BCUT2D eigenvalue weighted by molar-refractivity contribution is 5.79. The molecular formula is C18H26N4O2. The second-order valence-corrected chi connectivity index (χ2v) is 5.50. The number of rotatable bonds is 7. The van der Waals surface area contributed by atoms with Crippen molar-refractivity contribution < 1.29 is 9.15 Å². The lowest BCUT2D eigenvalue weighted by Gasteiger charge is -2.11. The molecule has 1 aromatic heterocycles. The monoisotopic (exact) mass is 330 g/mol. The molecule has 0 aliphatic heterocycles. The van der Waals surface area contributed by atoms with Crippen LogP contribution in [0.3, 0.4) is 0 Å². The lowest BCUT2D eigenvalue weighted by atomic mass is 10.1. The molecule has 0 saturated heterocycles. The maximum Gasteiger partial charge on any atom is 0.214 e. The van der Waals surface area contributed by atoms with Gasteiger partial charge in [0.25, 0.3) is 0 Å². The standard InChI is InChI=1S/C18H26N4O2/c1-5-19-18(21-11-17-22-13(2)14(3)24-17)20-10-15-8-6-7-9-16(15)12-23-4/h6-9H,5,10-12H2,1-4H3,(H2,19,20,21). The minimum atomic E-state index is 0.500. The predicted molar refractivity (Wildman–Crippen MR) is 94.8 cm³/mol. The number of nitrogens with zero attached hydrogens (tertiary/aromatic N) is 2. The van der Waals surface area contributed by atoms with Crippen LogP contribution in [0, 0.1) is 13.8 Å². The summed E-state index contributed by atoms with van der Waals surface area (Å²) in [5, 5.41) is 6.48. The van der Waals surface area contributed by atoms with Crippen molar-refractivity contribution in [3.05, 3.63) is 52.7 Å². The predicted octanol–water partition coefficient (Wildman–Crippen LogP) is 2.69. The maximum absolute atomic E-state index is 5.58. The molecule has 0 aliphatic carbocycles. The molecule has 0 bridgehead atoms. The molecule has 1 heterocycles. The summed E-state index contributed by atoms with van der Waals surface area (Å²) in [6, 6.07) is 8.16. The van der Waals surface area contributed by atoms with Gasteiger partial charge >= 0.3 is 0 Å². The SMILES string of the molecule is CCNC(=NCc1ccccc1COC)NCc1nc(C)c(C)o1. The van der Waals surface area contributed by atoms with Gasteiger partial charge in [-0.05, 0) is 31.9 Å². The number of aromatic nitrogens is 1. The van der Waals surface area contributed by atoms with Crippen LogP contribution in [0.2, 0.25) is 0 Å². The highest BCUT2D eigenvalue weighted by Crippen LogP contribution is 2.11. The Morgan fingerprint density at radius 3 is 2.58 bits per heavy atom. The Labute approximate surface area is 143 Å². The molecule has 0 atom stereocenters. The van der Waals surface area contributed by atoms with Crippen molar-refractivity contribution in [3.63, 3.8) is 0 Å². The van der Waals surface area contributed by atoms with E-state index in [1.165, 1.54) is 0 Å². The molecular weight excluding hydrogens is 304 g/mol. The number of guanidine groups is 1. The first-order valence-electron chi connectivity index (χ1n) is 8.14. The van der Waals surface area contributed by atoms with E-state index in [-0.39, 0.29) is 0 Å². The Bertz CT molecular complexity index is 660. The number of aryl methyl sites for hydroxylation is 2. The number of hydrogen-bond donors (Lipinski definition) is 2. The maximum atomic E-state index is 5.58. The topological polar surface area (TPSA) is 71.7 Å². The molecule has 0 unspecified atom stereocenters. The fourth-order valence-corrected chi connectivity index (χ4v) is 2.29. The zero-order valence-corrected chi connectivity index (χ0v) is 14.8. The number of ether oxygens (including phenoxy) is 1. The number of oxazole rings is 1. The van der Waals surface area contributed by atoms with Crippen molar-refractivity contribution in [2.24, 2.45) is 4.99 Å². The van der Waals surface area contributed by atoms with Gasteiger partial charge in [-0.25, -0.2) is 9.98 Å². The second kappa shape index (κ2) is 9.08. The van der Waals surface area contributed by atoms with Crippen LogP contribution in [0.1, 0.15) is 35.4 Å². The molecule has 2 rings (SSSR count). The van der Waals surface area contributed by atoms with Gasteiger partial charge in [-0.2, -0.15) is 0 Å². The number of methoxy groups -OCH3 is 1. The molecule has 130 valence electrons. The Hall–Kier alpha value is -2.34. The third-order valence-corrected chi connectivity index (χ3v) is 3.65. The Morgan fingerprint density at radius 2 is 1.96 bits per heavy atom. The van der Waals surface area contributed by atoms with Crippen LogP contribution in [0.5, 0.6) is 0 Å². The van der Waals surface area contributed by atoms with Crippen molar-refractivity contribution in [3.8, 4) is 0 Å². The van der Waals surface area contributed by atoms with E-state index < -0.39 is 0 Å². The van der Waals surface area contributed by atoms with Crippen LogP contribution in [-0.4, -0.2) is 24.6 Å². The number of hydrogen-bond acceptors (Lipinski definition) is 4. The van der Waals surface area contributed by atoms with Crippen LogP contribution in [0.4, 0.5) is 0 Å². The fraction of sp³-hybridized carbons (Fsp3) is 0.444. The van der Waals surface area contributed by atoms with Gasteiger partial charge in [-0.1, -0.05) is 24.3 Å². The molecule has 0 fully saturated rings. The fourth-order valence-electron chi connectivity index (χ4n) is 2.29. The van der Waals surface area contributed by atoms with Crippen molar-refractivity contribution in [1.29, 1.82) is 0 Å². The summed E-state index contributed by atoms with van der Waals surface area (Å²) in [5.74, 6) is 2.25. The molecule has 0 amide bonds. The Balaban J connectivity index is 2.02. The van der Waals surface area contributed by atoms with Crippen LogP contribution in [-0.2, 0) is 24.4 Å². The van der Waals surface area contributed by atoms with Crippen LogP contribution in [0.15, 0.2) is 33.7 Å². The quantitative estimate of drug-likeness (QED) is 0.603. The summed E-state index contributed by atoms with van der Waals surface area (Å²) >= 11 is 0. The molecule has 2 N–H and O–H groups in total. The normalized spacial score (nSPS) is 11.6. The molecule has 1 aromatic carbocycles. The van der Waals surface area contributed by atoms with E-state index in [9.17, 15) is 0 Å². The van der Waals surface area contributed by atoms with E-state index in [0.29, 0.717) is 25.6 Å². The highest BCUT2D eigenvalue weighted by Gasteiger charge is 2.07. The Kier molecular flexibility index (Phi) is 6.81. The van der Waals surface area contributed by atoms with Gasteiger partial charge in [0.05, 0.1) is 25.4 Å². The zero-order valence-electron chi connectivity index (χ0n) is 14.8. The molecule has 0 saturated carbocycles. The number of benzene rings is 1. The third kappa shape index (κ3) is 5.09. The van der Waals surface area contributed by atoms with Gasteiger partial charge in [-0.15, -0.1) is 0 Å². The van der Waals surface area contributed by atoms with Gasteiger partial charge in [0.1, 0.15) is 5.76 Å². The molecule has 2 aromatic rings. The Morgan fingerprint density at radius 1 is 1.21 bits per heavy atom. The lowest BCUT2D eigenvalue weighted by molar-refractivity contribution is 0.184. The number of nitrogens with one attached hydrogen (secondary N) is 2. The average molecular weight is 330 g/mol. The molecule has 6 nitrogen and oxygen atoms in total.